The van der Waals surface area contributed by atoms with E-state index >= 15 is 0 Å². The maximum Gasteiger partial charge on any atom is 0.407 e. The average molecular weight is 348 g/mol. The third-order valence-corrected chi connectivity index (χ3v) is 3.18. The summed E-state index contributed by atoms with van der Waals surface area (Å²) < 4.78 is 5.06. The molecule has 0 radical (unpaired) electrons. The van der Waals surface area contributed by atoms with E-state index in [1.54, 1.807) is 20.8 Å². The monoisotopic (exact) mass is 347 g/mol. The Kier molecular flexibility index (Phi) is 6.32. The molecule has 0 aliphatic rings. The fourth-order valence-corrected chi connectivity index (χ4v) is 1.95. The number of hydrogen-bond donors (Lipinski definition) is 3. The summed E-state index contributed by atoms with van der Waals surface area (Å²) in [5.74, 6) is -0.426. The van der Waals surface area contributed by atoms with Crippen LogP contribution >= 0.6 is 23.2 Å². The third-order valence-electron chi connectivity index (χ3n) is 2.37. The van der Waals surface area contributed by atoms with Crippen molar-refractivity contribution in [1.29, 1.82) is 0 Å². The number of nitrogens with two attached hydrogens (primary N) is 1. The SMILES string of the molecule is CC(C)(C)OC(=O)NCCNC(=O)c1cc(N)cc(Cl)c1Cl. The van der Waals surface area contributed by atoms with Gasteiger partial charge in [-0.2, -0.15) is 0 Å². The summed E-state index contributed by atoms with van der Waals surface area (Å²) in [5, 5.41) is 5.47. The normalized spacial score (nSPS) is 11.0. The molecular formula is C14H19Cl2N3O3. The highest BCUT2D eigenvalue weighted by atomic mass is 35.5. The summed E-state index contributed by atoms with van der Waals surface area (Å²) in [6.45, 7) is 5.72. The molecule has 0 aromatic heterocycles. The van der Waals surface area contributed by atoms with Crippen LogP contribution in [0.15, 0.2) is 12.1 Å². The first kappa shape index (κ1) is 18.4. The van der Waals surface area contributed by atoms with Crippen molar-refractivity contribution in [2.24, 2.45) is 0 Å². The minimum atomic E-state index is -0.570. The van der Waals surface area contributed by atoms with E-state index in [2.05, 4.69) is 10.6 Å². The van der Waals surface area contributed by atoms with Crippen LogP contribution in [0.5, 0.6) is 0 Å². The Morgan fingerprint density at radius 2 is 1.77 bits per heavy atom. The van der Waals surface area contributed by atoms with Crippen molar-refractivity contribution in [1.82, 2.24) is 10.6 Å². The standard InChI is InChI=1S/C14H19Cl2N3O3/c1-14(2,3)22-13(21)19-5-4-18-12(20)9-6-8(17)7-10(15)11(9)16/h6-7H,4-5,17H2,1-3H3,(H,18,20)(H,19,21). The van der Waals surface area contributed by atoms with Crippen molar-refractivity contribution < 1.29 is 14.3 Å². The molecule has 22 heavy (non-hydrogen) atoms. The molecule has 1 rings (SSSR count). The van der Waals surface area contributed by atoms with Crippen molar-refractivity contribution in [2.45, 2.75) is 26.4 Å². The minimum absolute atomic E-state index is 0.133. The van der Waals surface area contributed by atoms with Crippen LogP contribution in [0.3, 0.4) is 0 Å². The number of anilines is 1. The number of nitrogens with one attached hydrogen (secondary N) is 2. The van der Waals surface area contributed by atoms with Gasteiger partial charge in [0.25, 0.3) is 5.91 Å². The second kappa shape index (κ2) is 7.56. The van der Waals surface area contributed by atoms with Gasteiger partial charge in [0.1, 0.15) is 5.60 Å². The number of benzene rings is 1. The van der Waals surface area contributed by atoms with Crippen LogP contribution in [-0.2, 0) is 4.74 Å². The zero-order valence-electron chi connectivity index (χ0n) is 12.6. The Hall–Kier alpha value is -1.66. The van der Waals surface area contributed by atoms with E-state index in [4.69, 9.17) is 33.7 Å². The number of alkyl carbamates (subject to hydrolysis) is 1. The van der Waals surface area contributed by atoms with Crippen LogP contribution in [0.25, 0.3) is 0 Å². The molecule has 8 heteroatoms. The van der Waals surface area contributed by atoms with Crippen molar-refractivity contribution in [3.8, 4) is 0 Å². The second-order valence-corrected chi connectivity index (χ2v) is 6.33. The highest BCUT2D eigenvalue weighted by Crippen LogP contribution is 2.28. The largest absolute Gasteiger partial charge is 0.444 e. The Morgan fingerprint density at radius 1 is 1.18 bits per heavy atom. The van der Waals surface area contributed by atoms with Crippen LogP contribution < -0.4 is 16.4 Å². The van der Waals surface area contributed by atoms with Gasteiger partial charge in [-0.1, -0.05) is 23.2 Å². The summed E-state index contributed by atoms with van der Waals surface area (Å²) in [6.07, 6.45) is -0.549. The summed E-state index contributed by atoms with van der Waals surface area (Å²) in [6, 6.07) is 2.90. The molecule has 1 aromatic rings. The molecule has 6 nitrogen and oxygen atoms in total. The molecule has 0 spiro atoms. The highest BCUT2D eigenvalue weighted by Gasteiger charge is 2.16. The van der Waals surface area contributed by atoms with E-state index in [1.165, 1.54) is 12.1 Å². The number of ether oxygens (including phenoxy) is 1. The van der Waals surface area contributed by atoms with Gasteiger partial charge in [0.2, 0.25) is 0 Å². The topological polar surface area (TPSA) is 93.5 Å². The zero-order valence-corrected chi connectivity index (χ0v) is 14.1. The lowest BCUT2D eigenvalue weighted by Gasteiger charge is -2.19. The van der Waals surface area contributed by atoms with Gasteiger partial charge in [-0.25, -0.2) is 4.79 Å². The molecule has 0 heterocycles. The lowest BCUT2D eigenvalue weighted by Crippen LogP contribution is -2.37. The first-order chi connectivity index (χ1) is 10.1. The molecule has 0 saturated heterocycles. The van der Waals surface area contributed by atoms with Gasteiger partial charge >= 0.3 is 6.09 Å². The van der Waals surface area contributed by atoms with Crippen LogP contribution in [0.1, 0.15) is 31.1 Å². The molecule has 0 aliphatic carbocycles. The van der Waals surface area contributed by atoms with E-state index < -0.39 is 17.6 Å². The van der Waals surface area contributed by atoms with E-state index in [1.807, 2.05) is 0 Å². The summed E-state index contributed by atoms with van der Waals surface area (Å²) >= 11 is 11.8. The van der Waals surface area contributed by atoms with Crippen molar-refractivity contribution >= 4 is 40.9 Å². The van der Waals surface area contributed by atoms with Gasteiger partial charge in [-0.05, 0) is 32.9 Å². The zero-order chi connectivity index (χ0) is 16.9. The number of rotatable bonds is 4. The predicted molar refractivity (Wildman–Crippen MR) is 87.4 cm³/mol. The summed E-state index contributed by atoms with van der Waals surface area (Å²) in [4.78, 5) is 23.4. The first-order valence-electron chi connectivity index (χ1n) is 6.59. The quantitative estimate of drug-likeness (QED) is 0.576. The van der Waals surface area contributed by atoms with Gasteiger partial charge in [-0.15, -0.1) is 0 Å². The minimum Gasteiger partial charge on any atom is -0.444 e. The molecule has 0 unspecified atom stereocenters. The number of carbonyl (C=O) groups is 2. The molecule has 0 bridgehead atoms. The van der Waals surface area contributed by atoms with Gasteiger partial charge < -0.3 is 21.1 Å². The smallest absolute Gasteiger partial charge is 0.407 e. The molecule has 0 saturated carbocycles. The van der Waals surface area contributed by atoms with E-state index in [0.29, 0.717) is 5.69 Å². The molecule has 4 N–H and O–H groups in total. The molecule has 1 aromatic carbocycles. The van der Waals surface area contributed by atoms with Gasteiger partial charge in [0, 0.05) is 18.8 Å². The third kappa shape index (κ3) is 5.99. The second-order valence-electron chi connectivity index (χ2n) is 5.55. The molecule has 0 fully saturated rings. The Morgan fingerprint density at radius 3 is 2.36 bits per heavy atom. The first-order valence-corrected chi connectivity index (χ1v) is 7.35. The van der Waals surface area contributed by atoms with E-state index in [9.17, 15) is 9.59 Å². The van der Waals surface area contributed by atoms with Gasteiger partial charge in [0.05, 0.1) is 15.6 Å². The molecule has 0 atom stereocenters. The van der Waals surface area contributed by atoms with Crippen LogP contribution in [-0.4, -0.2) is 30.7 Å². The summed E-state index contributed by atoms with van der Waals surface area (Å²) in [7, 11) is 0. The molecule has 0 aliphatic heterocycles. The number of hydrogen-bond acceptors (Lipinski definition) is 4. The Balaban J connectivity index is 2.46. The average Bonchev–Trinajstić information content (AvgIpc) is 2.36. The van der Waals surface area contributed by atoms with Gasteiger partial charge in [-0.3, -0.25) is 4.79 Å². The maximum atomic E-state index is 12.0. The highest BCUT2D eigenvalue weighted by molar-refractivity contribution is 6.44. The number of carbonyl (C=O) groups excluding carboxylic acids is 2. The van der Waals surface area contributed by atoms with E-state index in [-0.39, 0.29) is 28.7 Å². The maximum absolute atomic E-state index is 12.0. The molecule has 122 valence electrons. The van der Waals surface area contributed by atoms with E-state index in [0.717, 1.165) is 0 Å². The van der Waals surface area contributed by atoms with Crippen LogP contribution in [0.2, 0.25) is 10.0 Å². The van der Waals surface area contributed by atoms with Crippen LogP contribution in [0, 0.1) is 0 Å². The lowest BCUT2D eigenvalue weighted by molar-refractivity contribution is 0.0526. The molecular weight excluding hydrogens is 329 g/mol. The van der Waals surface area contributed by atoms with Crippen molar-refractivity contribution in [2.75, 3.05) is 18.8 Å². The number of amides is 2. The lowest BCUT2D eigenvalue weighted by atomic mass is 10.2. The fourth-order valence-electron chi connectivity index (χ4n) is 1.53. The molecule has 2 amide bonds. The van der Waals surface area contributed by atoms with Crippen molar-refractivity contribution in [3.63, 3.8) is 0 Å². The van der Waals surface area contributed by atoms with Gasteiger partial charge in [0.15, 0.2) is 0 Å². The summed E-state index contributed by atoms with van der Waals surface area (Å²) in [5.41, 5.74) is 5.58. The Labute approximate surface area is 139 Å². The fraction of sp³-hybridized carbons (Fsp3) is 0.429. The Bertz CT molecular complexity index is 571. The van der Waals surface area contributed by atoms with Crippen molar-refractivity contribution in [3.05, 3.63) is 27.7 Å². The number of halogens is 2. The number of nitrogen functional groups attached to an aromatic ring is 1. The van der Waals surface area contributed by atoms with Crippen LogP contribution in [0.4, 0.5) is 10.5 Å². The predicted octanol–water partition coefficient (Wildman–Crippen LogP) is 2.83.